The molecule has 1 saturated heterocycles. The summed E-state index contributed by atoms with van der Waals surface area (Å²) in [5.74, 6) is -0.0937. The fraction of sp³-hybridized carbons (Fsp3) is 0.381. The average molecular weight is 365 g/mol. The van der Waals surface area contributed by atoms with Crippen molar-refractivity contribution in [1.29, 1.82) is 0 Å². The molecular formula is C21H23N3O3. The van der Waals surface area contributed by atoms with Gasteiger partial charge in [0.25, 0.3) is 11.8 Å². The Bertz CT molecular complexity index is 873. The predicted octanol–water partition coefficient (Wildman–Crippen LogP) is 2.02. The predicted molar refractivity (Wildman–Crippen MR) is 102 cm³/mol. The Morgan fingerprint density at radius 1 is 1.07 bits per heavy atom. The number of nitrogens with two attached hydrogens (primary N) is 1. The molecule has 2 aromatic rings. The molecule has 0 aliphatic carbocycles. The number of rotatable bonds is 5. The van der Waals surface area contributed by atoms with Crippen molar-refractivity contribution >= 4 is 28.5 Å². The summed E-state index contributed by atoms with van der Waals surface area (Å²) in [6.07, 6.45) is 1.75. The first-order valence-electron chi connectivity index (χ1n) is 9.46. The Balaban J connectivity index is 1.44. The summed E-state index contributed by atoms with van der Waals surface area (Å²) in [4.78, 5) is 41.1. The molecule has 2 N–H and O–H groups in total. The minimum atomic E-state index is -0.277. The minimum Gasteiger partial charge on any atom is -0.342 e. The number of carbonyl (C=O) groups excluding carboxylic acids is 3. The van der Waals surface area contributed by atoms with Gasteiger partial charge in [0.1, 0.15) is 0 Å². The second kappa shape index (κ2) is 7.12. The van der Waals surface area contributed by atoms with Crippen LogP contribution in [-0.2, 0) is 4.79 Å². The lowest BCUT2D eigenvalue weighted by molar-refractivity contribution is -0.130. The summed E-state index contributed by atoms with van der Waals surface area (Å²) in [5.41, 5.74) is 6.79. The largest absolute Gasteiger partial charge is 0.342 e. The van der Waals surface area contributed by atoms with Crippen LogP contribution < -0.4 is 5.73 Å². The van der Waals surface area contributed by atoms with Crippen LogP contribution in [0.5, 0.6) is 0 Å². The first-order valence-corrected chi connectivity index (χ1v) is 9.46. The van der Waals surface area contributed by atoms with E-state index in [4.69, 9.17) is 5.73 Å². The molecule has 4 rings (SSSR count). The van der Waals surface area contributed by atoms with Gasteiger partial charge in [0.15, 0.2) is 0 Å². The van der Waals surface area contributed by atoms with Crippen molar-refractivity contribution in [2.45, 2.75) is 19.3 Å². The lowest BCUT2D eigenvalue weighted by Crippen LogP contribution is -2.41. The van der Waals surface area contributed by atoms with Crippen LogP contribution in [0.25, 0.3) is 10.8 Å². The van der Waals surface area contributed by atoms with E-state index >= 15 is 0 Å². The molecule has 2 heterocycles. The Hall–Kier alpha value is -2.73. The number of amides is 3. The second-order valence-electron chi connectivity index (χ2n) is 7.30. The van der Waals surface area contributed by atoms with Crippen LogP contribution in [-0.4, -0.2) is 53.7 Å². The van der Waals surface area contributed by atoms with E-state index < -0.39 is 0 Å². The minimum absolute atomic E-state index is 0.0744. The van der Waals surface area contributed by atoms with Crippen LogP contribution in [0, 0.1) is 5.92 Å². The van der Waals surface area contributed by atoms with Gasteiger partial charge < -0.3 is 10.6 Å². The molecule has 6 nitrogen and oxygen atoms in total. The van der Waals surface area contributed by atoms with Gasteiger partial charge in [-0.15, -0.1) is 0 Å². The quantitative estimate of drug-likeness (QED) is 0.822. The highest BCUT2D eigenvalue weighted by atomic mass is 16.2. The lowest BCUT2D eigenvalue weighted by Gasteiger charge is -2.27. The molecule has 2 aliphatic heterocycles. The highest BCUT2D eigenvalue weighted by Gasteiger charge is 2.32. The fourth-order valence-electron chi connectivity index (χ4n) is 4.08. The fourth-order valence-corrected chi connectivity index (χ4v) is 4.08. The molecule has 1 unspecified atom stereocenters. The Kier molecular flexibility index (Phi) is 4.66. The smallest absolute Gasteiger partial charge is 0.261 e. The molecule has 0 bridgehead atoms. The molecule has 6 heteroatoms. The summed E-state index contributed by atoms with van der Waals surface area (Å²) in [6, 6.07) is 11.0. The summed E-state index contributed by atoms with van der Waals surface area (Å²) < 4.78 is 0. The maximum absolute atomic E-state index is 12.8. The molecular weight excluding hydrogens is 342 g/mol. The van der Waals surface area contributed by atoms with Crippen LogP contribution in [0.3, 0.4) is 0 Å². The molecule has 3 amide bonds. The van der Waals surface area contributed by atoms with Crippen molar-refractivity contribution in [2.75, 3.05) is 26.2 Å². The van der Waals surface area contributed by atoms with Crippen molar-refractivity contribution < 1.29 is 14.4 Å². The SMILES string of the molecule is NCC1CCN(C(=O)CCCN2C(=O)c3cccc4cccc(c34)C2=O)C1. The first-order chi connectivity index (χ1) is 13.1. The molecule has 2 aromatic carbocycles. The standard InChI is InChI=1S/C21H23N3O3/c22-12-14-9-11-23(13-14)18(25)8-3-10-24-20(26)16-6-1-4-15-5-2-7-17(19(15)16)21(24)27/h1-2,4-7,14H,3,8-13,22H2. The maximum Gasteiger partial charge on any atom is 0.261 e. The zero-order valence-corrected chi connectivity index (χ0v) is 15.2. The number of imide groups is 1. The number of benzene rings is 2. The average Bonchev–Trinajstić information content (AvgIpc) is 3.18. The molecule has 0 aromatic heterocycles. The number of carbonyl (C=O) groups is 3. The van der Waals surface area contributed by atoms with E-state index in [2.05, 4.69) is 0 Å². The monoisotopic (exact) mass is 365 g/mol. The lowest BCUT2D eigenvalue weighted by atomic mass is 9.94. The van der Waals surface area contributed by atoms with E-state index in [1.54, 1.807) is 12.1 Å². The third-order valence-corrected chi connectivity index (χ3v) is 5.60. The molecule has 1 fully saturated rings. The number of hydrogen-bond donors (Lipinski definition) is 1. The molecule has 2 aliphatic rings. The number of nitrogens with zero attached hydrogens (tertiary/aromatic N) is 2. The van der Waals surface area contributed by atoms with Gasteiger partial charge in [-0.05, 0) is 42.8 Å². The molecule has 140 valence electrons. The van der Waals surface area contributed by atoms with Gasteiger partial charge in [-0.1, -0.05) is 24.3 Å². The van der Waals surface area contributed by atoms with Gasteiger partial charge in [-0.3, -0.25) is 19.3 Å². The van der Waals surface area contributed by atoms with Gasteiger partial charge in [0, 0.05) is 42.6 Å². The summed E-state index contributed by atoms with van der Waals surface area (Å²) in [5, 5.41) is 1.62. The van der Waals surface area contributed by atoms with Gasteiger partial charge in [0.05, 0.1) is 0 Å². The molecule has 0 spiro atoms. The Morgan fingerprint density at radius 3 is 2.33 bits per heavy atom. The van der Waals surface area contributed by atoms with Crippen LogP contribution in [0.4, 0.5) is 0 Å². The van der Waals surface area contributed by atoms with Gasteiger partial charge >= 0.3 is 0 Å². The topological polar surface area (TPSA) is 83.7 Å². The summed E-state index contributed by atoms with van der Waals surface area (Å²) in [7, 11) is 0. The molecule has 0 saturated carbocycles. The van der Waals surface area contributed by atoms with Crippen molar-refractivity contribution in [3.05, 3.63) is 47.5 Å². The Labute approximate surface area is 157 Å². The third-order valence-electron chi connectivity index (χ3n) is 5.60. The van der Waals surface area contributed by atoms with Crippen molar-refractivity contribution in [3.8, 4) is 0 Å². The normalized spacial score (nSPS) is 19.2. The Morgan fingerprint density at radius 2 is 1.74 bits per heavy atom. The molecule has 0 radical (unpaired) electrons. The summed E-state index contributed by atoms with van der Waals surface area (Å²) in [6.45, 7) is 2.32. The van der Waals surface area contributed by atoms with Crippen LogP contribution in [0.2, 0.25) is 0 Å². The third kappa shape index (κ3) is 3.10. The zero-order chi connectivity index (χ0) is 19.0. The van der Waals surface area contributed by atoms with E-state index in [9.17, 15) is 14.4 Å². The van der Waals surface area contributed by atoms with Crippen LogP contribution in [0.15, 0.2) is 36.4 Å². The molecule has 27 heavy (non-hydrogen) atoms. The number of hydrogen-bond acceptors (Lipinski definition) is 4. The van der Waals surface area contributed by atoms with Crippen molar-refractivity contribution in [1.82, 2.24) is 9.80 Å². The highest BCUT2D eigenvalue weighted by Crippen LogP contribution is 2.30. The van der Waals surface area contributed by atoms with Gasteiger partial charge in [-0.2, -0.15) is 0 Å². The van der Waals surface area contributed by atoms with Crippen LogP contribution in [0.1, 0.15) is 40.0 Å². The van der Waals surface area contributed by atoms with E-state index in [1.165, 1.54) is 4.90 Å². The second-order valence-corrected chi connectivity index (χ2v) is 7.30. The van der Waals surface area contributed by atoms with Crippen molar-refractivity contribution in [2.24, 2.45) is 11.7 Å². The van der Waals surface area contributed by atoms with Crippen LogP contribution >= 0.6 is 0 Å². The maximum atomic E-state index is 12.8. The van der Waals surface area contributed by atoms with E-state index in [0.717, 1.165) is 23.7 Å². The molecule has 1 atom stereocenters. The van der Waals surface area contributed by atoms with E-state index in [-0.39, 0.29) is 24.3 Å². The van der Waals surface area contributed by atoms with Gasteiger partial charge in [0.2, 0.25) is 5.91 Å². The summed E-state index contributed by atoms with van der Waals surface area (Å²) >= 11 is 0. The van der Waals surface area contributed by atoms with E-state index in [1.807, 2.05) is 29.2 Å². The van der Waals surface area contributed by atoms with Crippen molar-refractivity contribution in [3.63, 3.8) is 0 Å². The van der Waals surface area contributed by atoms with E-state index in [0.29, 0.717) is 43.0 Å². The van der Waals surface area contributed by atoms with Gasteiger partial charge in [-0.25, -0.2) is 0 Å². The first kappa shape index (κ1) is 17.7. The highest BCUT2D eigenvalue weighted by molar-refractivity contribution is 6.25. The zero-order valence-electron chi connectivity index (χ0n) is 15.2. The number of likely N-dealkylation sites (tertiary alicyclic amines) is 1.